The lowest BCUT2D eigenvalue weighted by atomic mass is 10.1. The van der Waals surface area contributed by atoms with E-state index in [2.05, 4.69) is 0 Å². The number of hydrogen-bond acceptors (Lipinski definition) is 4. The van der Waals surface area contributed by atoms with E-state index in [1.54, 1.807) is 6.07 Å². The van der Waals surface area contributed by atoms with Crippen LogP contribution in [0.4, 0.5) is 4.39 Å². The van der Waals surface area contributed by atoms with Crippen LogP contribution in [-0.4, -0.2) is 27.1 Å². The molecule has 17 heavy (non-hydrogen) atoms. The summed E-state index contributed by atoms with van der Waals surface area (Å²) in [5, 5.41) is 0. The third-order valence-electron chi connectivity index (χ3n) is 2.29. The number of methoxy groups -OCH3 is 3. The van der Waals surface area contributed by atoms with Gasteiger partial charge in [0.25, 0.3) is 0 Å². The van der Waals surface area contributed by atoms with E-state index in [9.17, 15) is 9.18 Å². The van der Waals surface area contributed by atoms with Crippen LogP contribution in [0.2, 0.25) is 0 Å². The molecule has 0 aliphatic carbocycles. The standard InChI is InChI=1S/C12H15FO4/c1-7(14)5-8-6-9(15-2)12(17-4)10(13)11(8)16-3/h6H,5H2,1-4H3. The molecular formula is C12H15FO4. The number of hydrogen-bond donors (Lipinski definition) is 0. The molecule has 0 bridgehead atoms. The predicted octanol–water partition coefficient (Wildman–Crippen LogP) is 1.98. The van der Waals surface area contributed by atoms with Gasteiger partial charge in [-0.2, -0.15) is 4.39 Å². The number of rotatable bonds is 5. The highest BCUT2D eigenvalue weighted by atomic mass is 19.1. The lowest BCUT2D eigenvalue weighted by Gasteiger charge is -2.14. The number of carbonyl (C=O) groups excluding carboxylic acids is 1. The second-order valence-corrected chi connectivity index (χ2v) is 3.50. The zero-order valence-electron chi connectivity index (χ0n) is 10.3. The van der Waals surface area contributed by atoms with Crippen LogP contribution >= 0.6 is 0 Å². The number of benzene rings is 1. The number of carbonyl (C=O) groups is 1. The Morgan fingerprint density at radius 1 is 1.18 bits per heavy atom. The zero-order valence-corrected chi connectivity index (χ0v) is 10.3. The van der Waals surface area contributed by atoms with Crippen LogP contribution in [0.15, 0.2) is 6.07 Å². The summed E-state index contributed by atoms with van der Waals surface area (Å²) >= 11 is 0. The average Bonchev–Trinajstić information content (AvgIpc) is 2.28. The molecule has 0 heterocycles. The summed E-state index contributed by atoms with van der Waals surface area (Å²) in [5.41, 5.74) is 0.440. The second-order valence-electron chi connectivity index (χ2n) is 3.50. The van der Waals surface area contributed by atoms with Gasteiger partial charge in [-0.15, -0.1) is 0 Å². The van der Waals surface area contributed by atoms with E-state index in [0.717, 1.165) is 0 Å². The lowest BCUT2D eigenvalue weighted by molar-refractivity contribution is -0.116. The molecule has 0 aliphatic rings. The highest BCUT2D eigenvalue weighted by Gasteiger charge is 2.21. The molecular weight excluding hydrogens is 227 g/mol. The van der Waals surface area contributed by atoms with Crippen molar-refractivity contribution in [1.82, 2.24) is 0 Å². The van der Waals surface area contributed by atoms with Crippen molar-refractivity contribution in [2.45, 2.75) is 13.3 Å². The smallest absolute Gasteiger partial charge is 0.210 e. The average molecular weight is 242 g/mol. The van der Waals surface area contributed by atoms with E-state index in [0.29, 0.717) is 5.56 Å². The highest BCUT2D eigenvalue weighted by Crippen LogP contribution is 2.38. The van der Waals surface area contributed by atoms with E-state index in [4.69, 9.17) is 14.2 Å². The Labute approximate surface area is 99.3 Å². The molecule has 0 aliphatic heterocycles. The van der Waals surface area contributed by atoms with E-state index in [-0.39, 0.29) is 29.5 Å². The third-order valence-corrected chi connectivity index (χ3v) is 2.29. The molecule has 0 amide bonds. The van der Waals surface area contributed by atoms with Crippen molar-refractivity contribution in [3.63, 3.8) is 0 Å². The number of ether oxygens (including phenoxy) is 3. The topological polar surface area (TPSA) is 44.8 Å². The fourth-order valence-electron chi connectivity index (χ4n) is 1.60. The number of Topliss-reactive ketones (excluding diaryl/α,β-unsaturated/α-hetero) is 1. The van der Waals surface area contributed by atoms with Gasteiger partial charge in [-0.3, -0.25) is 4.79 Å². The van der Waals surface area contributed by atoms with Gasteiger partial charge in [0.05, 0.1) is 21.3 Å². The molecule has 0 spiro atoms. The van der Waals surface area contributed by atoms with Crippen LogP contribution in [0.3, 0.4) is 0 Å². The van der Waals surface area contributed by atoms with Crippen molar-refractivity contribution in [3.8, 4) is 17.2 Å². The molecule has 0 unspecified atom stereocenters. The van der Waals surface area contributed by atoms with Crippen LogP contribution in [0.1, 0.15) is 12.5 Å². The highest BCUT2D eigenvalue weighted by molar-refractivity contribution is 5.79. The van der Waals surface area contributed by atoms with Crippen LogP contribution in [0.5, 0.6) is 17.2 Å². The molecule has 1 aromatic carbocycles. The number of halogens is 1. The molecule has 0 atom stereocenters. The molecule has 0 saturated carbocycles. The first-order valence-electron chi connectivity index (χ1n) is 5.01. The summed E-state index contributed by atoms with van der Waals surface area (Å²) in [4.78, 5) is 11.1. The monoisotopic (exact) mass is 242 g/mol. The van der Waals surface area contributed by atoms with E-state index in [1.165, 1.54) is 28.3 Å². The molecule has 0 N–H and O–H groups in total. The van der Waals surface area contributed by atoms with E-state index in [1.807, 2.05) is 0 Å². The van der Waals surface area contributed by atoms with Gasteiger partial charge in [0.15, 0.2) is 11.5 Å². The van der Waals surface area contributed by atoms with Crippen molar-refractivity contribution >= 4 is 5.78 Å². The molecule has 5 heteroatoms. The SMILES string of the molecule is COc1cc(CC(C)=O)c(OC)c(F)c1OC. The normalized spacial score (nSPS) is 9.94. The second kappa shape index (κ2) is 5.52. The molecule has 0 aromatic heterocycles. The van der Waals surface area contributed by atoms with Crippen molar-refractivity contribution < 1.29 is 23.4 Å². The summed E-state index contributed by atoms with van der Waals surface area (Å²) < 4.78 is 28.9. The van der Waals surface area contributed by atoms with Gasteiger partial charge in [0.1, 0.15) is 5.78 Å². The van der Waals surface area contributed by atoms with Crippen LogP contribution < -0.4 is 14.2 Å². The van der Waals surface area contributed by atoms with Crippen molar-refractivity contribution in [2.24, 2.45) is 0 Å². The van der Waals surface area contributed by atoms with Gasteiger partial charge in [-0.25, -0.2) is 0 Å². The van der Waals surface area contributed by atoms with Crippen molar-refractivity contribution in [3.05, 3.63) is 17.4 Å². The third kappa shape index (κ3) is 2.67. The minimum atomic E-state index is -0.661. The Bertz CT molecular complexity index is 429. The predicted molar refractivity (Wildman–Crippen MR) is 60.4 cm³/mol. The van der Waals surface area contributed by atoms with Crippen LogP contribution in [0, 0.1) is 5.82 Å². The fraction of sp³-hybridized carbons (Fsp3) is 0.417. The first-order valence-corrected chi connectivity index (χ1v) is 5.01. The Morgan fingerprint density at radius 3 is 2.18 bits per heavy atom. The molecule has 0 saturated heterocycles. The summed E-state index contributed by atoms with van der Waals surface area (Å²) in [7, 11) is 4.08. The van der Waals surface area contributed by atoms with Crippen LogP contribution in [-0.2, 0) is 11.2 Å². The Morgan fingerprint density at radius 2 is 1.76 bits per heavy atom. The summed E-state index contributed by atoms with van der Waals surface area (Å²) in [6, 6.07) is 1.54. The van der Waals surface area contributed by atoms with E-state index >= 15 is 0 Å². The Hall–Kier alpha value is -1.78. The molecule has 0 radical (unpaired) electrons. The Kier molecular flexibility index (Phi) is 4.31. The molecule has 4 nitrogen and oxygen atoms in total. The molecule has 94 valence electrons. The van der Waals surface area contributed by atoms with E-state index < -0.39 is 5.82 Å². The molecule has 0 fully saturated rings. The van der Waals surface area contributed by atoms with Gasteiger partial charge in [0.2, 0.25) is 11.6 Å². The van der Waals surface area contributed by atoms with Gasteiger partial charge < -0.3 is 14.2 Å². The van der Waals surface area contributed by atoms with Gasteiger partial charge in [-0.1, -0.05) is 0 Å². The molecule has 1 aromatic rings. The summed E-state index contributed by atoms with van der Waals surface area (Å²) in [6.07, 6.45) is 0.0838. The fourth-order valence-corrected chi connectivity index (χ4v) is 1.60. The summed E-state index contributed by atoms with van der Waals surface area (Å²) in [5.74, 6) is -0.530. The first kappa shape index (κ1) is 13.3. The maximum Gasteiger partial charge on any atom is 0.210 e. The maximum atomic E-state index is 14.0. The zero-order chi connectivity index (χ0) is 13.0. The van der Waals surface area contributed by atoms with Crippen LogP contribution in [0.25, 0.3) is 0 Å². The van der Waals surface area contributed by atoms with Crippen molar-refractivity contribution in [2.75, 3.05) is 21.3 Å². The maximum absolute atomic E-state index is 14.0. The van der Waals surface area contributed by atoms with Gasteiger partial charge >= 0.3 is 0 Å². The molecule has 1 rings (SSSR count). The van der Waals surface area contributed by atoms with Gasteiger partial charge in [-0.05, 0) is 13.0 Å². The van der Waals surface area contributed by atoms with Crippen molar-refractivity contribution in [1.29, 1.82) is 0 Å². The van der Waals surface area contributed by atoms with Gasteiger partial charge in [0, 0.05) is 12.0 Å². The number of ketones is 1. The lowest BCUT2D eigenvalue weighted by Crippen LogP contribution is -2.04. The Balaban J connectivity index is 3.39. The minimum absolute atomic E-state index is 0.0119. The quantitative estimate of drug-likeness (QED) is 0.792. The summed E-state index contributed by atoms with van der Waals surface area (Å²) in [6.45, 7) is 1.42. The minimum Gasteiger partial charge on any atom is -0.493 e. The largest absolute Gasteiger partial charge is 0.493 e. The first-order chi connectivity index (χ1) is 8.04.